The number of aryl methyl sites for hydroxylation is 3. The lowest BCUT2D eigenvalue weighted by molar-refractivity contribution is -0.121. The van der Waals surface area contributed by atoms with E-state index in [0.29, 0.717) is 16.6 Å². The van der Waals surface area contributed by atoms with E-state index in [2.05, 4.69) is 34.6 Å². The number of thioether (sulfide) groups is 1. The van der Waals surface area contributed by atoms with Gasteiger partial charge in [-0.1, -0.05) is 71.4 Å². The second-order valence-corrected chi connectivity index (χ2v) is 11.0. The Labute approximate surface area is 225 Å². The van der Waals surface area contributed by atoms with E-state index in [1.807, 2.05) is 68.2 Å². The molecule has 3 aromatic carbocycles. The van der Waals surface area contributed by atoms with Gasteiger partial charge in [0.25, 0.3) is 5.91 Å². The number of amides is 2. The molecule has 0 aromatic heterocycles. The van der Waals surface area contributed by atoms with Crippen LogP contribution in [0.1, 0.15) is 46.7 Å². The van der Waals surface area contributed by atoms with Crippen molar-refractivity contribution in [3.63, 3.8) is 0 Å². The SMILES string of the molecule is Cc1ccc(C2=NN(C3=NC(=O)[C@@H](CC(=O)Nc4ccc(C)c(C)c4)S3)[C@@H](c3cccc(Cl)c3)C2)cc1. The maximum atomic E-state index is 12.8. The highest BCUT2D eigenvalue weighted by Gasteiger charge is 2.39. The van der Waals surface area contributed by atoms with E-state index >= 15 is 0 Å². The van der Waals surface area contributed by atoms with Gasteiger partial charge >= 0.3 is 0 Å². The first-order chi connectivity index (χ1) is 17.8. The quantitative estimate of drug-likeness (QED) is 0.411. The van der Waals surface area contributed by atoms with Gasteiger partial charge in [0.15, 0.2) is 5.17 Å². The van der Waals surface area contributed by atoms with E-state index < -0.39 is 5.25 Å². The van der Waals surface area contributed by atoms with Gasteiger partial charge in [0.1, 0.15) is 5.25 Å². The van der Waals surface area contributed by atoms with Gasteiger partial charge in [-0.05, 0) is 67.3 Å². The summed E-state index contributed by atoms with van der Waals surface area (Å²) in [6.07, 6.45) is 0.683. The summed E-state index contributed by atoms with van der Waals surface area (Å²) in [6.45, 7) is 6.07. The van der Waals surface area contributed by atoms with E-state index in [0.717, 1.165) is 33.7 Å². The molecule has 2 aliphatic rings. The molecule has 2 aliphatic heterocycles. The largest absolute Gasteiger partial charge is 0.326 e. The smallest absolute Gasteiger partial charge is 0.262 e. The molecule has 2 atom stereocenters. The number of anilines is 1. The van der Waals surface area contributed by atoms with Gasteiger partial charge in [-0.2, -0.15) is 10.1 Å². The molecule has 3 aromatic rings. The Morgan fingerprint density at radius 2 is 1.84 bits per heavy atom. The van der Waals surface area contributed by atoms with Crippen LogP contribution in [-0.4, -0.2) is 33.0 Å². The van der Waals surface area contributed by atoms with Gasteiger partial charge in [0.05, 0.1) is 11.8 Å². The number of halogens is 1. The van der Waals surface area contributed by atoms with Crippen LogP contribution in [0.15, 0.2) is 76.8 Å². The Hall–Kier alpha value is -3.42. The van der Waals surface area contributed by atoms with E-state index in [1.54, 1.807) is 0 Å². The van der Waals surface area contributed by atoms with Gasteiger partial charge in [-0.15, -0.1) is 0 Å². The Morgan fingerprint density at radius 3 is 2.57 bits per heavy atom. The van der Waals surface area contributed by atoms with E-state index in [1.165, 1.54) is 17.3 Å². The first kappa shape index (κ1) is 25.2. The summed E-state index contributed by atoms with van der Waals surface area (Å²) in [6, 6.07) is 21.5. The Kier molecular flexibility index (Phi) is 7.17. The van der Waals surface area contributed by atoms with E-state index in [-0.39, 0.29) is 24.3 Å². The molecule has 0 spiro atoms. The number of carbonyl (C=O) groups is 2. The fourth-order valence-electron chi connectivity index (χ4n) is 4.38. The topological polar surface area (TPSA) is 74.1 Å². The van der Waals surface area contributed by atoms with Crippen LogP contribution in [0.25, 0.3) is 0 Å². The minimum absolute atomic E-state index is 0.0353. The summed E-state index contributed by atoms with van der Waals surface area (Å²) in [5.41, 5.74) is 7.08. The van der Waals surface area contributed by atoms with Crippen LogP contribution in [0.5, 0.6) is 0 Å². The summed E-state index contributed by atoms with van der Waals surface area (Å²) in [5.74, 6) is -0.540. The molecular weight excluding hydrogens is 504 g/mol. The molecule has 0 aliphatic carbocycles. The fraction of sp³-hybridized carbons (Fsp3) is 0.241. The second kappa shape index (κ2) is 10.5. The van der Waals surface area contributed by atoms with Crippen molar-refractivity contribution in [2.45, 2.75) is 44.9 Å². The Balaban J connectivity index is 1.35. The molecule has 2 heterocycles. The molecule has 0 saturated heterocycles. The maximum absolute atomic E-state index is 12.8. The molecule has 0 bridgehead atoms. The van der Waals surface area contributed by atoms with Gasteiger partial charge in [0.2, 0.25) is 5.91 Å². The van der Waals surface area contributed by atoms with Gasteiger partial charge in [0, 0.05) is 23.6 Å². The monoisotopic (exact) mass is 530 g/mol. The lowest BCUT2D eigenvalue weighted by atomic mass is 9.98. The van der Waals surface area contributed by atoms with Crippen molar-refractivity contribution in [1.29, 1.82) is 0 Å². The van der Waals surface area contributed by atoms with Crippen molar-refractivity contribution in [2.24, 2.45) is 10.1 Å². The molecule has 8 heteroatoms. The van der Waals surface area contributed by atoms with Crippen molar-refractivity contribution in [2.75, 3.05) is 5.32 Å². The molecule has 6 nitrogen and oxygen atoms in total. The molecule has 1 N–H and O–H groups in total. The van der Waals surface area contributed by atoms with Crippen LogP contribution in [0.4, 0.5) is 5.69 Å². The summed E-state index contributed by atoms with van der Waals surface area (Å²) >= 11 is 7.59. The van der Waals surface area contributed by atoms with Crippen LogP contribution in [0, 0.1) is 20.8 Å². The molecule has 0 saturated carbocycles. The lowest BCUT2D eigenvalue weighted by Gasteiger charge is -2.23. The van der Waals surface area contributed by atoms with Crippen LogP contribution < -0.4 is 5.32 Å². The van der Waals surface area contributed by atoms with Crippen LogP contribution in [0.2, 0.25) is 5.02 Å². The van der Waals surface area contributed by atoms with Crippen LogP contribution in [-0.2, 0) is 9.59 Å². The van der Waals surface area contributed by atoms with Gasteiger partial charge < -0.3 is 5.32 Å². The number of carbonyl (C=O) groups excluding carboxylic acids is 2. The highest BCUT2D eigenvalue weighted by atomic mass is 35.5. The Bertz CT molecular complexity index is 1430. The number of hydrazone groups is 1. The van der Waals surface area contributed by atoms with Crippen molar-refractivity contribution >= 4 is 51.7 Å². The molecule has 37 heavy (non-hydrogen) atoms. The minimum atomic E-state index is -0.597. The zero-order chi connectivity index (χ0) is 26.1. The predicted molar refractivity (Wildman–Crippen MR) is 151 cm³/mol. The van der Waals surface area contributed by atoms with Gasteiger partial charge in [-0.3, -0.25) is 9.59 Å². The number of nitrogens with zero attached hydrogens (tertiary/aromatic N) is 3. The first-order valence-corrected chi connectivity index (χ1v) is 13.4. The average molecular weight is 531 g/mol. The Morgan fingerprint density at radius 1 is 1.05 bits per heavy atom. The van der Waals surface area contributed by atoms with Crippen LogP contribution in [0.3, 0.4) is 0 Å². The maximum Gasteiger partial charge on any atom is 0.262 e. The number of aliphatic imine (C=N–C) groups is 1. The lowest BCUT2D eigenvalue weighted by Crippen LogP contribution is -2.25. The van der Waals surface area contributed by atoms with Crippen molar-refractivity contribution in [3.8, 4) is 0 Å². The number of rotatable bonds is 5. The molecule has 0 fully saturated rings. The predicted octanol–water partition coefficient (Wildman–Crippen LogP) is 6.44. The number of amidine groups is 1. The number of benzene rings is 3. The molecule has 0 unspecified atom stereocenters. The highest BCUT2D eigenvalue weighted by molar-refractivity contribution is 8.15. The zero-order valence-electron chi connectivity index (χ0n) is 20.9. The number of nitrogens with one attached hydrogen (secondary N) is 1. The normalized spacial score (nSPS) is 19.1. The van der Waals surface area contributed by atoms with Crippen LogP contribution >= 0.6 is 23.4 Å². The highest BCUT2D eigenvalue weighted by Crippen LogP contribution is 2.39. The second-order valence-electron chi connectivity index (χ2n) is 9.42. The standard InChI is InChI=1S/C29H27ClN4O2S/c1-17-7-10-20(11-8-17)24-15-25(21-5-4-6-22(30)14-21)34(33-24)29-32-28(36)26(37-29)16-27(35)31-23-12-9-18(2)19(3)13-23/h4-14,25-26H,15-16H2,1-3H3,(H,31,35)/t25-,26-/m1/s1. The molecule has 188 valence electrons. The van der Waals surface area contributed by atoms with Crippen molar-refractivity contribution < 1.29 is 9.59 Å². The summed E-state index contributed by atoms with van der Waals surface area (Å²) in [4.78, 5) is 29.9. The van der Waals surface area contributed by atoms with Crippen molar-refractivity contribution in [1.82, 2.24) is 5.01 Å². The summed E-state index contributed by atoms with van der Waals surface area (Å²) in [5, 5.41) is 10.2. The molecular formula is C29H27ClN4O2S. The van der Waals surface area contributed by atoms with E-state index in [4.69, 9.17) is 16.7 Å². The first-order valence-electron chi connectivity index (χ1n) is 12.1. The minimum Gasteiger partial charge on any atom is -0.326 e. The summed E-state index contributed by atoms with van der Waals surface area (Å²) < 4.78 is 0. The van der Waals surface area contributed by atoms with Gasteiger partial charge in [-0.25, -0.2) is 5.01 Å². The average Bonchev–Trinajstić information content (AvgIpc) is 3.46. The number of hydrogen-bond donors (Lipinski definition) is 1. The molecule has 2 amide bonds. The fourth-order valence-corrected chi connectivity index (χ4v) is 5.64. The number of hydrogen-bond acceptors (Lipinski definition) is 5. The summed E-state index contributed by atoms with van der Waals surface area (Å²) in [7, 11) is 0. The third-order valence-corrected chi connectivity index (χ3v) is 7.99. The third kappa shape index (κ3) is 5.63. The molecule has 5 rings (SSSR count). The third-order valence-electron chi connectivity index (χ3n) is 6.61. The molecule has 0 radical (unpaired) electrons. The zero-order valence-corrected chi connectivity index (χ0v) is 22.4. The van der Waals surface area contributed by atoms with Crippen molar-refractivity contribution in [3.05, 3.63) is 99.6 Å². The van der Waals surface area contributed by atoms with E-state index in [9.17, 15) is 9.59 Å².